The van der Waals surface area contributed by atoms with Crippen molar-refractivity contribution in [1.29, 1.82) is 0 Å². The smallest absolute Gasteiger partial charge is 0.346 e. The number of hydrogen-bond acceptors (Lipinski definition) is 6. The van der Waals surface area contributed by atoms with Crippen LogP contribution in [0, 0.1) is 6.92 Å². The number of hydrazine groups is 1. The Morgan fingerprint density at radius 2 is 2.16 bits per heavy atom. The maximum absolute atomic E-state index is 14.6. The molecule has 11 heteroatoms. The van der Waals surface area contributed by atoms with E-state index < -0.39 is 17.4 Å². The summed E-state index contributed by atoms with van der Waals surface area (Å²) in [6, 6.07) is 3.72. The molecule has 1 aromatic heterocycles. The lowest BCUT2D eigenvalue weighted by Crippen LogP contribution is -2.42. The minimum Gasteiger partial charge on any atom is -0.346 e. The molecule has 0 bridgehead atoms. The van der Waals surface area contributed by atoms with Crippen LogP contribution < -0.4 is 5.32 Å². The second kappa shape index (κ2) is 8.79. The van der Waals surface area contributed by atoms with Gasteiger partial charge in [-0.1, -0.05) is 28.9 Å². The van der Waals surface area contributed by atoms with Crippen molar-refractivity contribution in [3.8, 4) is 0 Å². The van der Waals surface area contributed by atoms with Crippen molar-refractivity contribution in [2.75, 3.05) is 13.2 Å². The molecule has 3 heterocycles. The molecule has 0 unspecified atom stereocenters. The fourth-order valence-electron chi connectivity index (χ4n) is 3.36. The largest absolute Gasteiger partial charge is 0.349 e. The highest BCUT2D eigenvalue weighted by atomic mass is 35.5. The molecular formula is C20H20ClF2N3O4S. The standard InChI is InChI=1S/C20H20ClF2N3O4S/c1-12-4-5-13(8-16(12)21)20(22,23)19(28)24-9-17-14-10-25(18(27)15(14)11-31-17)26-6-2-3-7-29-30-26/h4-5,8,11H,2-3,6-7,9-10H2,1H3,(H,24,28). The van der Waals surface area contributed by atoms with Crippen molar-refractivity contribution in [1.82, 2.24) is 15.5 Å². The number of rotatable bonds is 5. The Bertz CT molecular complexity index is 1010. The topological polar surface area (TPSA) is 71.1 Å². The number of alkyl halides is 2. The van der Waals surface area contributed by atoms with Gasteiger partial charge in [0.2, 0.25) is 0 Å². The van der Waals surface area contributed by atoms with Crippen LogP contribution in [0.1, 0.15) is 44.8 Å². The van der Waals surface area contributed by atoms with E-state index in [2.05, 4.69) is 5.32 Å². The number of amides is 2. The molecule has 31 heavy (non-hydrogen) atoms. The molecule has 0 atom stereocenters. The third kappa shape index (κ3) is 4.31. The van der Waals surface area contributed by atoms with Gasteiger partial charge in [-0.25, -0.2) is 9.90 Å². The highest BCUT2D eigenvalue weighted by Gasteiger charge is 2.42. The Morgan fingerprint density at radius 3 is 2.94 bits per heavy atom. The van der Waals surface area contributed by atoms with E-state index in [0.29, 0.717) is 34.7 Å². The van der Waals surface area contributed by atoms with Gasteiger partial charge in [-0.2, -0.15) is 8.78 Å². The van der Waals surface area contributed by atoms with Crippen molar-refractivity contribution >= 4 is 34.8 Å². The Hall–Kier alpha value is -2.11. The summed E-state index contributed by atoms with van der Waals surface area (Å²) in [5.74, 6) is -5.43. The Balaban J connectivity index is 1.44. The quantitative estimate of drug-likeness (QED) is 0.669. The molecule has 0 aliphatic carbocycles. The number of benzene rings is 1. The molecular weight excluding hydrogens is 452 g/mol. The zero-order valence-corrected chi connectivity index (χ0v) is 18.2. The van der Waals surface area contributed by atoms with Crippen LogP contribution in [-0.2, 0) is 33.7 Å². The van der Waals surface area contributed by atoms with Crippen LogP contribution in [0.15, 0.2) is 23.6 Å². The summed E-state index contributed by atoms with van der Waals surface area (Å²) in [4.78, 5) is 35.8. The van der Waals surface area contributed by atoms with E-state index in [1.165, 1.54) is 33.7 Å². The van der Waals surface area contributed by atoms with Crippen LogP contribution in [0.25, 0.3) is 0 Å². The molecule has 1 aromatic carbocycles. The molecule has 1 N–H and O–H groups in total. The molecule has 4 rings (SSSR count). The van der Waals surface area contributed by atoms with Gasteiger partial charge in [-0.05, 0) is 31.4 Å². The first-order valence-electron chi connectivity index (χ1n) is 9.70. The summed E-state index contributed by atoms with van der Waals surface area (Å²) in [7, 11) is 0. The Labute approximate surface area is 186 Å². The molecule has 2 amide bonds. The van der Waals surface area contributed by atoms with Crippen LogP contribution in [-0.4, -0.2) is 35.1 Å². The van der Waals surface area contributed by atoms with Crippen LogP contribution >= 0.6 is 22.9 Å². The number of hydroxylamine groups is 1. The van der Waals surface area contributed by atoms with Crippen molar-refractivity contribution in [3.05, 3.63) is 55.7 Å². The minimum absolute atomic E-state index is 0.119. The van der Waals surface area contributed by atoms with Crippen molar-refractivity contribution < 1.29 is 28.2 Å². The van der Waals surface area contributed by atoms with Gasteiger partial charge in [0, 0.05) is 33.0 Å². The first-order chi connectivity index (χ1) is 14.8. The summed E-state index contributed by atoms with van der Waals surface area (Å²) < 4.78 is 29.2. The third-order valence-electron chi connectivity index (χ3n) is 5.22. The first-order valence-corrected chi connectivity index (χ1v) is 11.0. The van der Waals surface area contributed by atoms with Crippen LogP contribution in [0.4, 0.5) is 8.78 Å². The molecule has 2 aromatic rings. The van der Waals surface area contributed by atoms with Gasteiger partial charge in [0.05, 0.1) is 25.3 Å². The number of fused-ring (bicyclic) bond motifs is 1. The molecule has 2 aliphatic heterocycles. The highest BCUT2D eigenvalue weighted by Crippen LogP contribution is 2.34. The number of aryl methyl sites for hydroxylation is 1. The number of thiophene rings is 1. The summed E-state index contributed by atoms with van der Waals surface area (Å²) in [6.07, 6.45) is 1.62. The van der Waals surface area contributed by atoms with Gasteiger partial charge in [0.1, 0.15) is 0 Å². The number of halogens is 3. The first kappa shape index (κ1) is 22.1. The van der Waals surface area contributed by atoms with E-state index in [1.807, 2.05) is 0 Å². The summed E-state index contributed by atoms with van der Waals surface area (Å²) in [5.41, 5.74) is 1.32. The molecule has 0 spiro atoms. The van der Waals surface area contributed by atoms with Gasteiger partial charge in [-0.3, -0.25) is 9.59 Å². The number of hydrogen-bond donors (Lipinski definition) is 1. The normalized spacial score (nSPS) is 17.5. The molecule has 0 radical (unpaired) electrons. The number of nitrogens with zero attached hydrogens (tertiary/aromatic N) is 2. The molecule has 1 saturated heterocycles. The predicted octanol–water partition coefficient (Wildman–Crippen LogP) is 3.95. The summed E-state index contributed by atoms with van der Waals surface area (Å²) >= 11 is 7.17. The lowest BCUT2D eigenvalue weighted by atomic mass is 10.1. The van der Waals surface area contributed by atoms with Gasteiger partial charge in [0.25, 0.3) is 11.8 Å². The minimum atomic E-state index is -3.74. The zero-order chi connectivity index (χ0) is 22.2. The van der Waals surface area contributed by atoms with Gasteiger partial charge < -0.3 is 5.32 Å². The molecule has 166 valence electrons. The second-order valence-electron chi connectivity index (χ2n) is 7.31. The lowest BCUT2D eigenvalue weighted by molar-refractivity contribution is -0.463. The summed E-state index contributed by atoms with van der Waals surface area (Å²) in [5, 5.41) is 6.90. The van der Waals surface area contributed by atoms with E-state index in [1.54, 1.807) is 12.3 Å². The fraction of sp³-hybridized carbons (Fsp3) is 0.400. The molecule has 0 saturated carbocycles. The summed E-state index contributed by atoms with van der Waals surface area (Å²) in [6.45, 7) is 2.73. The van der Waals surface area contributed by atoms with E-state index in [0.717, 1.165) is 18.9 Å². The van der Waals surface area contributed by atoms with E-state index in [-0.39, 0.29) is 24.0 Å². The van der Waals surface area contributed by atoms with Crippen molar-refractivity contribution in [3.63, 3.8) is 0 Å². The monoisotopic (exact) mass is 471 g/mol. The number of nitrogens with one attached hydrogen (secondary N) is 1. The number of carbonyl (C=O) groups excluding carboxylic acids is 2. The van der Waals surface area contributed by atoms with Gasteiger partial charge >= 0.3 is 5.92 Å². The van der Waals surface area contributed by atoms with Crippen LogP contribution in [0.3, 0.4) is 0 Å². The van der Waals surface area contributed by atoms with E-state index >= 15 is 0 Å². The Morgan fingerprint density at radius 1 is 1.35 bits per heavy atom. The molecule has 7 nitrogen and oxygen atoms in total. The average Bonchev–Trinajstić information content (AvgIpc) is 3.16. The van der Waals surface area contributed by atoms with Gasteiger partial charge in [0.15, 0.2) is 0 Å². The zero-order valence-electron chi connectivity index (χ0n) is 16.6. The van der Waals surface area contributed by atoms with E-state index in [9.17, 15) is 18.4 Å². The third-order valence-corrected chi connectivity index (χ3v) is 6.65. The van der Waals surface area contributed by atoms with Gasteiger partial charge in [-0.15, -0.1) is 16.3 Å². The Kier molecular flexibility index (Phi) is 6.27. The van der Waals surface area contributed by atoms with Crippen LogP contribution in [0.5, 0.6) is 0 Å². The van der Waals surface area contributed by atoms with Crippen molar-refractivity contribution in [2.45, 2.75) is 38.8 Å². The SMILES string of the molecule is Cc1ccc(C(F)(F)C(=O)NCc2scc3c2CN(N2CCCCOO2)C3=O)cc1Cl. The van der Waals surface area contributed by atoms with Crippen molar-refractivity contribution in [2.24, 2.45) is 0 Å². The highest BCUT2D eigenvalue weighted by molar-refractivity contribution is 7.10. The molecule has 1 fully saturated rings. The maximum atomic E-state index is 14.6. The predicted molar refractivity (Wildman–Crippen MR) is 109 cm³/mol. The lowest BCUT2D eigenvalue weighted by Gasteiger charge is -2.27. The molecule has 2 aliphatic rings. The second-order valence-corrected chi connectivity index (χ2v) is 8.69. The maximum Gasteiger partial charge on any atom is 0.349 e. The average molecular weight is 472 g/mol. The van der Waals surface area contributed by atoms with E-state index in [4.69, 9.17) is 21.5 Å². The fourth-order valence-corrected chi connectivity index (χ4v) is 4.52. The van der Waals surface area contributed by atoms with Crippen LogP contribution in [0.2, 0.25) is 5.02 Å². The number of carbonyl (C=O) groups is 2.